The van der Waals surface area contributed by atoms with Crippen molar-refractivity contribution >= 4 is 0 Å². The minimum Gasteiger partial charge on any atom is -0.395 e. The number of nitrogens with one attached hydrogen (secondary N) is 1. The van der Waals surface area contributed by atoms with Gasteiger partial charge < -0.3 is 20.3 Å². The Hall–Kier alpha value is -0.200. The normalized spacial score (nSPS) is 19.8. The minimum atomic E-state index is 0.145. The van der Waals surface area contributed by atoms with Crippen molar-refractivity contribution in [1.82, 2.24) is 10.2 Å². The lowest BCUT2D eigenvalue weighted by Gasteiger charge is -2.40. The third-order valence-electron chi connectivity index (χ3n) is 3.50. The molecule has 0 aromatic carbocycles. The molecular formula is C12H26N2O3. The predicted octanol–water partition coefficient (Wildman–Crippen LogP) is -0.711. The molecule has 1 aliphatic rings. The topological polar surface area (TPSA) is 65.0 Å². The van der Waals surface area contributed by atoms with Crippen molar-refractivity contribution in [3.8, 4) is 0 Å². The molecule has 1 aliphatic heterocycles. The van der Waals surface area contributed by atoms with Crippen LogP contribution in [0.3, 0.4) is 0 Å². The molecule has 0 unspecified atom stereocenters. The standard InChI is InChI=1S/C12H26N2O3/c1-13-10-12(2-8-17-9-3-12)11-14(4-6-15)5-7-16/h13,15-16H,2-11H2,1H3. The van der Waals surface area contributed by atoms with Crippen LogP contribution in [-0.4, -0.2) is 74.8 Å². The van der Waals surface area contributed by atoms with Crippen molar-refractivity contribution in [2.24, 2.45) is 5.41 Å². The number of nitrogens with zero attached hydrogens (tertiary/aromatic N) is 1. The van der Waals surface area contributed by atoms with Crippen molar-refractivity contribution in [3.05, 3.63) is 0 Å². The minimum absolute atomic E-state index is 0.145. The van der Waals surface area contributed by atoms with Gasteiger partial charge >= 0.3 is 0 Å². The largest absolute Gasteiger partial charge is 0.395 e. The number of aliphatic hydroxyl groups is 2. The number of ether oxygens (including phenoxy) is 1. The van der Waals surface area contributed by atoms with Crippen LogP contribution < -0.4 is 5.32 Å². The first-order valence-electron chi connectivity index (χ1n) is 6.43. The van der Waals surface area contributed by atoms with Gasteiger partial charge in [0.2, 0.25) is 0 Å². The Labute approximate surface area is 104 Å². The Morgan fingerprint density at radius 2 is 1.76 bits per heavy atom. The molecule has 1 rings (SSSR count). The molecular weight excluding hydrogens is 220 g/mol. The van der Waals surface area contributed by atoms with E-state index in [1.807, 2.05) is 7.05 Å². The van der Waals surface area contributed by atoms with E-state index in [0.29, 0.717) is 13.1 Å². The second-order valence-corrected chi connectivity index (χ2v) is 4.87. The molecule has 5 heteroatoms. The van der Waals surface area contributed by atoms with Gasteiger partial charge in [-0.1, -0.05) is 0 Å². The maximum atomic E-state index is 9.04. The average Bonchev–Trinajstić information content (AvgIpc) is 2.31. The molecule has 0 aromatic rings. The van der Waals surface area contributed by atoms with E-state index < -0.39 is 0 Å². The Morgan fingerprint density at radius 1 is 1.18 bits per heavy atom. The predicted molar refractivity (Wildman–Crippen MR) is 67.0 cm³/mol. The maximum Gasteiger partial charge on any atom is 0.0558 e. The Morgan fingerprint density at radius 3 is 2.24 bits per heavy atom. The van der Waals surface area contributed by atoms with Crippen LogP contribution in [0.5, 0.6) is 0 Å². The van der Waals surface area contributed by atoms with Crippen LogP contribution in [0.15, 0.2) is 0 Å². The third-order valence-corrected chi connectivity index (χ3v) is 3.50. The van der Waals surface area contributed by atoms with Crippen LogP contribution in [0.25, 0.3) is 0 Å². The third kappa shape index (κ3) is 4.89. The van der Waals surface area contributed by atoms with E-state index in [1.165, 1.54) is 0 Å². The molecule has 1 saturated heterocycles. The van der Waals surface area contributed by atoms with Crippen molar-refractivity contribution in [1.29, 1.82) is 0 Å². The molecule has 3 N–H and O–H groups in total. The van der Waals surface area contributed by atoms with Gasteiger partial charge in [0, 0.05) is 39.4 Å². The SMILES string of the molecule is CNCC1(CN(CCO)CCO)CCOCC1. The summed E-state index contributed by atoms with van der Waals surface area (Å²) in [5, 5.41) is 21.3. The summed E-state index contributed by atoms with van der Waals surface area (Å²) in [6.07, 6.45) is 2.09. The van der Waals surface area contributed by atoms with Crippen molar-refractivity contribution in [2.45, 2.75) is 12.8 Å². The van der Waals surface area contributed by atoms with Crippen LogP contribution >= 0.6 is 0 Å². The van der Waals surface area contributed by atoms with Gasteiger partial charge in [-0.3, -0.25) is 4.90 Å². The van der Waals surface area contributed by atoms with Crippen LogP contribution in [0.1, 0.15) is 12.8 Å². The fourth-order valence-electron chi connectivity index (χ4n) is 2.60. The molecule has 0 bridgehead atoms. The molecule has 0 aromatic heterocycles. The van der Waals surface area contributed by atoms with Crippen LogP contribution in [0.4, 0.5) is 0 Å². The zero-order valence-corrected chi connectivity index (χ0v) is 10.8. The molecule has 17 heavy (non-hydrogen) atoms. The summed E-state index contributed by atoms with van der Waals surface area (Å²) in [6.45, 7) is 5.06. The van der Waals surface area contributed by atoms with E-state index in [1.54, 1.807) is 0 Å². The first-order chi connectivity index (χ1) is 8.26. The Kier molecular flexibility index (Phi) is 6.99. The number of hydrogen-bond acceptors (Lipinski definition) is 5. The smallest absolute Gasteiger partial charge is 0.0558 e. The summed E-state index contributed by atoms with van der Waals surface area (Å²) < 4.78 is 5.43. The van der Waals surface area contributed by atoms with Crippen molar-refractivity contribution in [3.63, 3.8) is 0 Å². The molecule has 102 valence electrons. The summed E-state index contributed by atoms with van der Waals surface area (Å²) in [7, 11) is 1.97. The van der Waals surface area contributed by atoms with Crippen molar-refractivity contribution in [2.75, 3.05) is 59.7 Å². The fraction of sp³-hybridized carbons (Fsp3) is 1.00. The molecule has 0 amide bonds. The summed E-state index contributed by atoms with van der Waals surface area (Å²) >= 11 is 0. The highest BCUT2D eigenvalue weighted by Gasteiger charge is 2.33. The quantitative estimate of drug-likeness (QED) is 0.528. The summed E-state index contributed by atoms with van der Waals surface area (Å²) in [5.41, 5.74) is 0.220. The molecule has 5 nitrogen and oxygen atoms in total. The number of aliphatic hydroxyl groups excluding tert-OH is 2. The summed E-state index contributed by atoms with van der Waals surface area (Å²) in [4.78, 5) is 2.14. The highest BCUT2D eigenvalue weighted by Crippen LogP contribution is 2.30. The molecule has 0 atom stereocenters. The number of rotatable bonds is 8. The first kappa shape index (κ1) is 14.9. The monoisotopic (exact) mass is 246 g/mol. The van der Waals surface area contributed by atoms with Gasteiger partial charge in [0.1, 0.15) is 0 Å². The van der Waals surface area contributed by atoms with Gasteiger partial charge in [-0.15, -0.1) is 0 Å². The maximum absolute atomic E-state index is 9.04. The van der Waals surface area contributed by atoms with Gasteiger partial charge in [0.05, 0.1) is 13.2 Å². The molecule has 0 saturated carbocycles. The van der Waals surface area contributed by atoms with Gasteiger partial charge in [-0.25, -0.2) is 0 Å². The van der Waals surface area contributed by atoms with E-state index in [-0.39, 0.29) is 18.6 Å². The summed E-state index contributed by atoms with van der Waals surface area (Å²) in [6, 6.07) is 0. The molecule has 0 spiro atoms. The highest BCUT2D eigenvalue weighted by molar-refractivity contribution is 4.86. The average molecular weight is 246 g/mol. The zero-order valence-electron chi connectivity index (χ0n) is 10.8. The van der Waals surface area contributed by atoms with Gasteiger partial charge in [0.15, 0.2) is 0 Å². The van der Waals surface area contributed by atoms with E-state index in [2.05, 4.69) is 10.2 Å². The Bertz CT molecular complexity index is 185. The first-order valence-corrected chi connectivity index (χ1v) is 6.43. The molecule has 1 heterocycles. The van der Waals surface area contributed by atoms with Crippen molar-refractivity contribution < 1.29 is 14.9 Å². The zero-order chi connectivity index (χ0) is 12.6. The molecule has 1 fully saturated rings. The molecule has 0 radical (unpaired) electrons. The highest BCUT2D eigenvalue weighted by atomic mass is 16.5. The lowest BCUT2D eigenvalue weighted by atomic mass is 9.79. The lowest BCUT2D eigenvalue weighted by molar-refractivity contribution is -0.00786. The van der Waals surface area contributed by atoms with Crippen LogP contribution in [0, 0.1) is 5.41 Å². The van der Waals surface area contributed by atoms with E-state index >= 15 is 0 Å². The van der Waals surface area contributed by atoms with E-state index in [9.17, 15) is 0 Å². The molecule has 0 aliphatic carbocycles. The number of hydrogen-bond donors (Lipinski definition) is 3. The fourth-order valence-corrected chi connectivity index (χ4v) is 2.60. The summed E-state index contributed by atoms with van der Waals surface area (Å²) in [5.74, 6) is 0. The van der Waals surface area contributed by atoms with Crippen LogP contribution in [0.2, 0.25) is 0 Å². The Balaban J connectivity index is 2.55. The lowest BCUT2D eigenvalue weighted by Crippen LogP contribution is -2.48. The van der Waals surface area contributed by atoms with E-state index in [0.717, 1.165) is 39.1 Å². The second-order valence-electron chi connectivity index (χ2n) is 4.87. The van der Waals surface area contributed by atoms with Gasteiger partial charge in [0.25, 0.3) is 0 Å². The van der Waals surface area contributed by atoms with Gasteiger partial charge in [-0.05, 0) is 25.3 Å². The van der Waals surface area contributed by atoms with Crippen LogP contribution in [-0.2, 0) is 4.74 Å². The van der Waals surface area contributed by atoms with E-state index in [4.69, 9.17) is 14.9 Å². The van der Waals surface area contributed by atoms with Gasteiger partial charge in [-0.2, -0.15) is 0 Å². The second kappa shape index (κ2) is 8.00.